The first-order valence-electron chi connectivity index (χ1n) is 5.91. The van der Waals surface area contributed by atoms with Gasteiger partial charge in [0.25, 0.3) is 0 Å². The van der Waals surface area contributed by atoms with E-state index >= 15 is 0 Å². The highest BCUT2D eigenvalue weighted by Gasteiger charge is 2.28. The number of carbonyl (C=O) groups excluding carboxylic acids is 1. The van der Waals surface area contributed by atoms with Crippen molar-refractivity contribution in [1.29, 1.82) is 0 Å². The minimum atomic E-state index is -0.892. The first-order chi connectivity index (χ1) is 8.00. The number of likely N-dealkylation sites (N-methyl/N-ethyl adjacent to an activating group) is 1. The molecule has 0 bridgehead atoms. The summed E-state index contributed by atoms with van der Waals surface area (Å²) in [6, 6.07) is 0.102. The van der Waals surface area contributed by atoms with Crippen LogP contribution >= 0.6 is 0 Å². The molecular formula is C11H21N3O3. The maximum Gasteiger partial charge on any atom is 0.317 e. The molecule has 0 aliphatic carbocycles. The van der Waals surface area contributed by atoms with Gasteiger partial charge in [-0.1, -0.05) is 0 Å². The molecule has 0 radical (unpaired) electrons. The Hall–Kier alpha value is -1.30. The fourth-order valence-corrected chi connectivity index (χ4v) is 2.09. The highest BCUT2D eigenvalue weighted by atomic mass is 16.4. The summed E-state index contributed by atoms with van der Waals surface area (Å²) >= 11 is 0. The lowest BCUT2D eigenvalue weighted by molar-refractivity contribution is -0.136. The maximum absolute atomic E-state index is 11.8. The monoisotopic (exact) mass is 243 g/mol. The second-order valence-corrected chi connectivity index (χ2v) is 4.63. The minimum absolute atomic E-state index is 0.0298. The summed E-state index contributed by atoms with van der Waals surface area (Å²) in [6.07, 6.45) is 2.01. The van der Waals surface area contributed by atoms with Crippen LogP contribution in [0.4, 0.5) is 4.79 Å². The Kier molecular flexibility index (Phi) is 5.21. The van der Waals surface area contributed by atoms with Crippen LogP contribution in [0.2, 0.25) is 0 Å². The van der Waals surface area contributed by atoms with Crippen molar-refractivity contribution < 1.29 is 14.7 Å². The van der Waals surface area contributed by atoms with E-state index in [-0.39, 0.29) is 25.0 Å². The Morgan fingerprint density at radius 3 is 2.76 bits per heavy atom. The van der Waals surface area contributed by atoms with E-state index in [1.165, 1.54) is 0 Å². The Morgan fingerprint density at radius 1 is 1.47 bits per heavy atom. The molecule has 2 N–H and O–H groups in total. The van der Waals surface area contributed by atoms with E-state index in [1.807, 2.05) is 19.0 Å². The molecule has 0 aromatic rings. The van der Waals surface area contributed by atoms with E-state index in [9.17, 15) is 9.59 Å². The Morgan fingerprint density at radius 2 is 2.18 bits per heavy atom. The first kappa shape index (κ1) is 13.8. The first-order valence-corrected chi connectivity index (χ1v) is 5.91. The Bertz CT molecular complexity index is 281. The average Bonchev–Trinajstić information content (AvgIpc) is 2.64. The van der Waals surface area contributed by atoms with Crippen LogP contribution in [0.5, 0.6) is 0 Å². The second-order valence-electron chi connectivity index (χ2n) is 4.63. The zero-order valence-corrected chi connectivity index (χ0v) is 10.5. The molecule has 1 fully saturated rings. The van der Waals surface area contributed by atoms with Crippen molar-refractivity contribution in [2.45, 2.75) is 25.3 Å². The fourth-order valence-electron chi connectivity index (χ4n) is 2.09. The summed E-state index contributed by atoms with van der Waals surface area (Å²) in [6.45, 7) is 1.81. The zero-order chi connectivity index (χ0) is 12.8. The van der Waals surface area contributed by atoms with Crippen molar-refractivity contribution in [2.75, 3.05) is 33.7 Å². The molecule has 1 heterocycles. The van der Waals surface area contributed by atoms with Gasteiger partial charge in [0.05, 0.1) is 6.42 Å². The summed E-state index contributed by atoms with van der Waals surface area (Å²) in [4.78, 5) is 26.0. The van der Waals surface area contributed by atoms with Crippen LogP contribution in [0.3, 0.4) is 0 Å². The molecule has 1 saturated heterocycles. The number of rotatable bonds is 5. The number of hydrogen-bond donors (Lipinski definition) is 2. The van der Waals surface area contributed by atoms with Crippen LogP contribution in [0.1, 0.15) is 19.3 Å². The van der Waals surface area contributed by atoms with Gasteiger partial charge in [0.1, 0.15) is 0 Å². The van der Waals surface area contributed by atoms with E-state index in [0.717, 1.165) is 25.9 Å². The summed E-state index contributed by atoms with van der Waals surface area (Å²) in [5.41, 5.74) is 0. The molecule has 6 heteroatoms. The molecular weight excluding hydrogens is 222 g/mol. The average molecular weight is 243 g/mol. The van der Waals surface area contributed by atoms with Gasteiger partial charge in [0.2, 0.25) is 0 Å². The van der Waals surface area contributed by atoms with Crippen LogP contribution in [0.25, 0.3) is 0 Å². The van der Waals surface area contributed by atoms with E-state index in [4.69, 9.17) is 5.11 Å². The fraction of sp³-hybridized carbons (Fsp3) is 0.818. The number of nitrogens with one attached hydrogen (secondary N) is 1. The number of amides is 2. The molecule has 1 rings (SSSR count). The molecule has 98 valence electrons. The van der Waals surface area contributed by atoms with Gasteiger partial charge in [0, 0.05) is 25.7 Å². The van der Waals surface area contributed by atoms with E-state index < -0.39 is 5.97 Å². The predicted octanol–water partition coefficient (Wildman–Crippen LogP) is 0.197. The molecule has 0 spiro atoms. The highest BCUT2D eigenvalue weighted by molar-refractivity contribution is 5.75. The van der Waals surface area contributed by atoms with Gasteiger partial charge in [-0.05, 0) is 26.9 Å². The molecule has 0 aromatic heterocycles. The number of aliphatic carboxylic acids is 1. The van der Waals surface area contributed by atoms with Crippen molar-refractivity contribution in [3.05, 3.63) is 0 Å². The van der Waals surface area contributed by atoms with Crippen molar-refractivity contribution in [3.63, 3.8) is 0 Å². The smallest absolute Gasteiger partial charge is 0.317 e. The molecule has 0 saturated carbocycles. The SMILES string of the molecule is CN(C)CC1CCCN1C(=O)NCCC(=O)O. The molecule has 2 amide bonds. The molecule has 17 heavy (non-hydrogen) atoms. The molecule has 0 aromatic carbocycles. The Balaban J connectivity index is 2.36. The maximum atomic E-state index is 11.8. The van der Waals surface area contributed by atoms with E-state index in [2.05, 4.69) is 10.2 Å². The molecule has 1 aliphatic heterocycles. The van der Waals surface area contributed by atoms with Crippen LogP contribution in [-0.2, 0) is 4.79 Å². The standard InChI is InChI=1S/C11H21N3O3/c1-13(2)8-9-4-3-7-14(9)11(17)12-6-5-10(15)16/h9H,3-8H2,1-2H3,(H,12,17)(H,15,16). The van der Waals surface area contributed by atoms with Gasteiger partial charge in [-0.25, -0.2) is 4.79 Å². The van der Waals surface area contributed by atoms with Crippen LogP contribution in [0, 0.1) is 0 Å². The number of carboxylic acid groups (broad SMARTS) is 1. The lowest BCUT2D eigenvalue weighted by atomic mass is 10.2. The number of urea groups is 1. The molecule has 1 aliphatic rings. The van der Waals surface area contributed by atoms with Crippen molar-refractivity contribution in [3.8, 4) is 0 Å². The van der Waals surface area contributed by atoms with Crippen LogP contribution in [-0.4, -0.2) is 66.7 Å². The normalized spacial score (nSPS) is 19.7. The van der Waals surface area contributed by atoms with Gasteiger partial charge in [0.15, 0.2) is 0 Å². The van der Waals surface area contributed by atoms with Crippen LogP contribution in [0.15, 0.2) is 0 Å². The molecule has 1 atom stereocenters. The Labute approximate surface area is 102 Å². The lowest BCUT2D eigenvalue weighted by Gasteiger charge is -2.27. The number of nitrogens with zero attached hydrogens (tertiary/aromatic N) is 2. The molecule has 6 nitrogen and oxygen atoms in total. The predicted molar refractivity (Wildman–Crippen MR) is 63.9 cm³/mol. The van der Waals surface area contributed by atoms with E-state index in [1.54, 1.807) is 0 Å². The number of hydrogen-bond acceptors (Lipinski definition) is 3. The van der Waals surface area contributed by atoms with Gasteiger partial charge in [-0.15, -0.1) is 0 Å². The van der Waals surface area contributed by atoms with Gasteiger partial charge < -0.3 is 20.2 Å². The van der Waals surface area contributed by atoms with Gasteiger partial charge in [-0.3, -0.25) is 4.79 Å². The number of carbonyl (C=O) groups is 2. The quantitative estimate of drug-likeness (QED) is 0.723. The summed E-state index contributed by atoms with van der Waals surface area (Å²) < 4.78 is 0. The van der Waals surface area contributed by atoms with E-state index in [0.29, 0.717) is 0 Å². The van der Waals surface area contributed by atoms with Crippen molar-refractivity contribution in [1.82, 2.24) is 15.1 Å². The highest BCUT2D eigenvalue weighted by Crippen LogP contribution is 2.17. The summed E-state index contributed by atoms with van der Waals surface area (Å²) in [5, 5.41) is 11.1. The third kappa shape index (κ3) is 4.60. The summed E-state index contributed by atoms with van der Waals surface area (Å²) in [5.74, 6) is -0.892. The van der Waals surface area contributed by atoms with Gasteiger partial charge >= 0.3 is 12.0 Å². The van der Waals surface area contributed by atoms with Crippen molar-refractivity contribution >= 4 is 12.0 Å². The number of carboxylic acids is 1. The minimum Gasteiger partial charge on any atom is -0.481 e. The summed E-state index contributed by atoms with van der Waals surface area (Å²) in [7, 11) is 3.97. The third-order valence-electron chi connectivity index (χ3n) is 2.83. The van der Waals surface area contributed by atoms with Crippen molar-refractivity contribution in [2.24, 2.45) is 0 Å². The third-order valence-corrected chi connectivity index (χ3v) is 2.83. The topological polar surface area (TPSA) is 72.9 Å². The number of likely N-dealkylation sites (tertiary alicyclic amines) is 1. The second kappa shape index (κ2) is 6.44. The molecule has 1 unspecified atom stereocenters. The lowest BCUT2D eigenvalue weighted by Crippen LogP contribution is -2.46. The van der Waals surface area contributed by atoms with Gasteiger partial charge in [-0.2, -0.15) is 0 Å². The largest absolute Gasteiger partial charge is 0.481 e. The van der Waals surface area contributed by atoms with Crippen LogP contribution < -0.4 is 5.32 Å². The zero-order valence-electron chi connectivity index (χ0n) is 10.5.